The molecule has 2 rings (SSSR count). The molecule has 110 valence electrons. The van der Waals surface area contributed by atoms with E-state index in [0.717, 1.165) is 42.9 Å². The molecule has 0 aliphatic carbocycles. The number of amides is 1. The molecule has 1 unspecified atom stereocenters. The Hall–Kier alpha value is -1.59. The molecule has 1 amide bonds. The highest BCUT2D eigenvalue weighted by Gasteiger charge is 2.15. The van der Waals surface area contributed by atoms with Crippen molar-refractivity contribution < 1.29 is 14.6 Å². The topological polar surface area (TPSA) is 70.6 Å². The second kappa shape index (κ2) is 7.26. The van der Waals surface area contributed by atoms with E-state index in [9.17, 15) is 4.79 Å². The fraction of sp³-hybridized carbons (Fsp3) is 0.533. The van der Waals surface area contributed by atoms with Crippen LogP contribution in [0, 0.1) is 5.92 Å². The molecule has 1 aromatic rings. The van der Waals surface area contributed by atoms with Crippen LogP contribution in [0.4, 0.5) is 5.69 Å². The van der Waals surface area contributed by atoms with E-state index in [0.29, 0.717) is 5.92 Å². The maximum absolute atomic E-state index is 11.3. The lowest BCUT2D eigenvalue weighted by molar-refractivity contribution is -0.118. The molecule has 0 bridgehead atoms. The summed E-state index contributed by atoms with van der Waals surface area (Å²) in [6, 6.07) is 5.82. The van der Waals surface area contributed by atoms with Crippen LogP contribution in [0.2, 0.25) is 0 Å². The van der Waals surface area contributed by atoms with Crippen molar-refractivity contribution in [2.45, 2.75) is 26.3 Å². The van der Waals surface area contributed by atoms with Crippen molar-refractivity contribution in [3.8, 4) is 5.75 Å². The number of aliphatic hydroxyl groups excluding tert-OH is 1. The van der Waals surface area contributed by atoms with Gasteiger partial charge in [0.15, 0.2) is 6.61 Å². The number of hydrogen-bond acceptors (Lipinski definition) is 4. The lowest BCUT2D eigenvalue weighted by Gasteiger charge is -2.19. The third kappa shape index (κ3) is 3.95. The molecule has 0 saturated carbocycles. The summed E-state index contributed by atoms with van der Waals surface area (Å²) in [5, 5.41) is 15.2. The predicted molar refractivity (Wildman–Crippen MR) is 77.8 cm³/mol. The summed E-state index contributed by atoms with van der Waals surface area (Å²) in [5.74, 6) is 1.11. The lowest BCUT2D eigenvalue weighted by Crippen LogP contribution is -2.26. The Bertz CT molecular complexity index is 462. The number of ether oxygens (including phenoxy) is 1. The van der Waals surface area contributed by atoms with E-state index < -0.39 is 0 Å². The minimum atomic E-state index is -0.114. The first-order valence-corrected chi connectivity index (χ1v) is 7.10. The smallest absolute Gasteiger partial charge is 0.262 e. The molecule has 1 aromatic carbocycles. The molecular weight excluding hydrogens is 256 g/mol. The largest absolute Gasteiger partial charge is 0.482 e. The van der Waals surface area contributed by atoms with Crippen molar-refractivity contribution in [3.63, 3.8) is 0 Å². The molecule has 0 spiro atoms. The van der Waals surface area contributed by atoms with Gasteiger partial charge in [0, 0.05) is 13.2 Å². The summed E-state index contributed by atoms with van der Waals surface area (Å²) in [5.41, 5.74) is 1.84. The fourth-order valence-corrected chi connectivity index (χ4v) is 2.29. The van der Waals surface area contributed by atoms with Gasteiger partial charge in [-0.1, -0.05) is 19.4 Å². The van der Waals surface area contributed by atoms with Gasteiger partial charge in [-0.3, -0.25) is 4.79 Å². The molecule has 0 radical (unpaired) electrons. The van der Waals surface area contributed by atoms with E-state index in [1.54, 1.807) is 0 Å². The molecular formula is C15H22N2O3. The van der Waals surface area contributed by atoms with Crippen molar-refractivity contribution in [2.75, 3.05) is 25.1 Å². The van der Waals surface area contributed by atoms with E-state index in [-0.39, 0.29) is 19.1 Å². The molecule has 0 aromatic heterocycles. The minimum absolute atomic E-state index is 0.0872. The summed E-state index contributed by atoms with van der Waals surface area (Å²) in [6.07, 6.45) is 1.89. The van der Waals surface area contributed by atoms with Gasteiger partial charge >= 0.3 is 0 Å². The lowest BCUT2D eigenvalue weighted by atomic mass is 10.0. The molecule has 5 heteroatoms. The zero-order valence-corrected chi connectivity index (χ0v) is 11.8. The maximum Gasteiger partial charge on any atom is 0.262 e. The molecule has 1 aliphatic heterocycles. The fourth-order valence-electron chi connectivity index (χ4n) is 2.29. The molecule has 1 aliphatic rings. The monoisotopic (exact) mass is 278 g/mol. The van der Waals surface area contributed by atoms with Crippen LogP contribution in [0.15, 0.2) is 18.2 Å². The van der Waals surface area contributed by atoms with Gasteiger partial charge in [0.1, 0.15) is 5.75 Å². The van der Waals surface area contributed by atoms with Crippen molar-refractivity contribution >= 4 is 11.6 Å². The van der Waals surface area contributed by atoms with Crippen LogP contribution in [0.5, 0.6) is 5.75 Å². The summed E-state index contributed by atoms with van der Waals surface area (Å²) < 4.78 is 5.32. The molecule has 3 N–H and O–H groups in total. The summed E-state index contributed by atoms with van der Waals surface area (Å²) in [6.45, 7) is 4.09. The van der Waals surface area contributed by atoms with Crippen molar-refractivity contribution in [3.05, 3.63) is 23.8 Å². The Balaban J connectivity index is 1.87. The molecule has 0 fully saturated rings. The van der Waals surface area contributed by atoms with E-state index in [1.165, 1.54) is 0 Å². The average molecular weight is 278 g/mol. The standard InChI is InChI=1S/C15H22N2O3/c1-2-11(5-6-18)8-16-9-12-3-4-14-13(7-12)17-15(19)10-20-14/h3-4,7,11,16,18H,2,5-6,8-10H2,1H3,(H,17,19). The number of fused-ring (bicyclic) bond motifs is 1. The first kappa shape index (κ1) is 14.8. The highest BCUT2D eigenvalue weighted by atomic mass is 16.5. The third-order valence-corrected chi connectivity index (χ3v) is 3.55. The number of benzene rings is 1. The Morgan fingerprint density at radius 2 is 2.35 bits per heavy atom. The van der Waals surface area contributed by atoms with Crippen LogP contribution in [0.25, 0.3) is 0 Å². The van der Waals surface area contributed by atoms with Crippen LogP contribution in [-0.4, -0.2) is 30.8 Å². The van der Waals surface area contributed by atoms with Gasteiger partial charge in [-0.15, -0.1) is 0 Å². The van der Waals surface area contributed by atoms with Crippen LogP contribution in [0.3, 0.4) is 0 Å². The van der Waals surface area contributed by atoms with E-state index in [2.05, 4.69) is 17.6 Å². The molecule has 20 heavy (non-hydrogen) atoms. The summed E-state index contributed by atoms with van der Waals surface area (Å²) >= 11 is 0. The molecule has 5 nitrogen and oxygen atoms in total. The van der Waals surface area contributed by atoms with Crippen molar-refractivity contribution in [1.82, 2.24) is 5.32 Å². The first-order chi connectivity index (χ1) is 9.72. The van der Waals surface area contributed by atoms with Crippen molar-refractivity contribution in [2.24, 2.45) is 5.92 Å². The Labute approximate surface area is 119 Å². The second-order valence-corrected chi connectivity index (χ2v) is 5.08. The minimum Gasteiger partial charge on any atom is -0.482 e. The normalized spacial score (nSPS) is 15.2. The number of carbonyl (C=O) groups is 1. The Kier molecular flexibility index (Phi) is 5.38. The first-order valence-electron chi connectivity index (χ1n) is 7.10. The maximum atomic E-state index is 11.3. The van der Waals surface area contributed by atoms with Crippen molar-refractivity contribution in [1.29, 1.82) is 0 Å². The van der Waals surface area contributed by atoms with Gasteiger partial charge in [-0.2, -0.15) is 0 Å². The second-order valence-electron chi connectivity index (χ2n) is 5.08. The van der Waals surface area contributed by atoms with Gasteiger partial charge < -0.3 is 20.5 Å². The van der Waals surface area contributed by atoms with Gasteiger partial charge in [-0.05, 0) is 36.6 Å². The van der Waals surface area contributed by atoms with Crippen LogP contribution >= 0.6 is 0 Å². The van der Waals surface area contributed by atoms with Gasteiger partial charge in [0.05, 0.1) is 5.69 Å². The quantitative estimate of drug-likeness (QED) is 0.707. The number of aliphatic hydroxyl groups is 1. The Morgan fingerprint density at radius 1 is 1.50 bits per heavy atom. The average Bonchev–Trinajstić information content (AvgIpc) is 2.46. The molecule has 0 saturated heterocycles. The van der Waals surface area contributed by atoms with Crippen LogP contribution in [-0.2, 0) is 11.3 Å². The van der Waals surface area contributed by atoms with Gasteiger partial charge in [0.2, 0.25) is 0 Å². The Morgan fingerprint density at radius 3 is 3.10 bits per heavy atom. The number of hydrogen-bond donors (Lipinski definition) is 3. The van der Waals surface area contributed by atoms with E-state index in [4.69, 9.17) is 9.84 Å². The number of nitrogens with one attached hydrogen (secondary N) is 2. The van der Waals surface area contributed by atoms with E-state index in [1.807, 2.05) is 18.2 Å². The summed E-state index contributed by atoms with van der Waals surface area (Å²) in [4.78, 5) is 11.3. The molecule has 1 heterocycles. The molecule has 1 atom stereocenters. The van der Waals surface area contributed by atoms with Gasteiger partial charge in [0.25, 0.3) is 5.91 Å². The van der Waals surface area contributed by atoms with Crippen LogP contribution in [0.1, 0.15) is 25.3 Å². The SMILES string of the molecule is CCC(CCO)CNCc1ccc2c(c1)NC(=O)CO2. The highest BCUT2D eigenvalue weighted by molar-refractivity contribution is 5.95. The zero-order valence-electron chi connectivity index (χ0n) is 11.8. The van der Waals surface area contributed by atoms with Gasteiger partial charge in [-0.25, -0.2) is 0 Å². The van der Waals surface area contributed by atoms with E-state index >= 15 is 0 Å². The number of rotatable bonds is 7. The third-order valence-electron chi connectivity index (χ3n) is 3.55. The number of anilines is 1. The highest BCUT2D eigenvalue weighted by Crippen LogP contribution is 2.28. The predicted octanol–water partition coefficient (Wildman–Crippen LogP) is 1.52. The summed E-state index contributed by atoms with van der Waals surface area (Å²) in [7, 11) is 0. The van der Waals surface area contributed by atoms with Crippen LogP contribution < -0.4 is 15.4 Å². The zero-order chi connectivity index (χ0) is 14.4. The number of carbonyl (C=O) groups excluding carboxylic acids is 1.